The van der Waals surface area contributed by atoms with E-state index in [1.165, 1.54) is 17.4 Å². The summed E-state index contributed by atoms with van der Waals surface area (Å²) in [5, 5.41) is 8.69. The number of carbonyl (C=O) groups excluding carboxylic acids is 1. The van der Waals surface area contributed by atoms with E-state index in [1.54, 1.807) is 0 Å². The highest BCUT2D eigenvalue weighted by atomic mass is 16.4. The first-order valence-electron chi connectivity index (χ1n) is 6.28. The van der Waals surface area contributed by atoms with Crippen LogP contribution < -0.4 is 0 Å². The third-order valence-corrected chi connectivity index (χ3v) is 2.78. The van der Waals surface area contributed by atoms with Crippen LogP contribution in [0.15, 0.2) is 12.5 Å². The first-order valence-corrected chi connectivity index (χ1v) is 6.28. The SMILES string of the molecule is CCN(CCC(=O)O)C(=O)c1cncnc1C(C)C. The van der Waals surface area contributed by atoms with E-state index in [9.17, 15) is 9.59 Å². The highest BCUT2D eigenvalue weighted by Gasteiger charge is 2.20. The molecule has 0 spiro atoms. The number of rotatable bonds is 6. The van der Waals surface area contributed by atoms with Gasteiger partial charge in [0.15, 0.2) is 0 Å². The molecule has 1 heterocycles. The van der Waals surface area contributed by atoms with Crippen LogP contribution >= 0.6 is 0 Å². The molecule has 0 aromatic carbocycles. The van der Waals surface area contributed by atoms with Gasteiger partial charge in [-0.3, -0.25) is 9.59 Å². The number of aliphatic carboxylic acids is 1. The molecule has 6 heteroatoms. The van der Waals surface area contributed by atoms with Crippen molar-refractivity contribution in [3.63, 3.8) is 0 Å². The van der Waals surface area contributed by atoms with Crippen molar-refractivity contribution in [2.45, 2.75) is 33.1 Å². The molecule has 1 rings (SSSR count). The second-order valence-corrected chi connectivity index (χ2v) is 4.50. The highest BCUT2D eigenvalue weighted by molar-refractivity contribution is 5.95. The monoisotopic (exact) mass is 265 g/mol. The molecule has 1 aromatic rings. The summed E-state index contributed by atoms with van der Waals surface area (Å²) in [5.41, 5.74) is 1.14. The summed E-state index contributed by atoms with van der Waals surface area (Å²) in [6, 6.07) is 0. The maximum Gasteiger partial charge on any atom is 0.305 e. The predicted octanol–water partition coefficient (Wildman–Crippen LogP) is 1.54. The van der Waals surface area contributed by atoms with E-state index in [2.05, 4.69) is 9.97 Å². The van der Waals surface area contributed by atoms with Gasteiger partial charge in [-0.1, -0.05) is 13.8 Å². The largest absolute Gasteiger partial charge is 0.481 e. The molecule has 1 amide bonds. The molecule has 104 valence electrons. The maximum absolute atomic E-state index is 12.4. The Labute approximate surface area is 112 Å². The molecule has 0 aliphatic rings. The van der Waals surface area contributed by atoms with Gasteiger partial charge in [0, 0.05) is 19.3 Å². The molecule has 0 saturated carbocycles. The molecular formula is C13H19N3O3. The molecular weight excluding hydrogens is 246 g/mol. The Morgan fingerprint density at radius 1 is 1.42 bits per heavy atom. The Balaban J connectivity index is 2.94. The Kier molecular flexibility index (Phi) is 5.41. The van der Waals surface area contributed by atoms with E-state index in [1.807, 2.05) is 20.8 Å². The van der Waals surface area contributed by atoms with Crippen molar-refractivity contribution in [1.29, 1.82) is 0 Å². The number of amides is 1. The average molecular weight is 265 g/mol. The van der Waals surface area contributed by atoms with E-state index < -0.39 is 5.97 Å². The van der Waals surface area contributed by atoms with Crippen LogP contribution in [0.25, 0.3) is 0 Å². The number of carboxylic acid groups (broad SMARTS) is 1. The standard InChI is InChI=1S/C13H19N3O3/c1-4-16(6-5-11(17)18)13(19)10-7-14-8-15-12(10)9(2)3/h7-9H,4-6H2,1-3H3,(H,17,18). The van der Waals surface area contributed by atoms with Crippen molar-refractivity contribution >= 4 is 11.9 Å². The predicted molar refractivity (Wildman–Crippen MR) is 70.0 cm³/mol. The fourth-order valence-corrected chi connectivity index (χ4v) is 1.77. The van der Waals surface area contributed by atoms with Gasteiger partial charge in [0.1, 0.15) is 6.33 Å². The molecule has 0 saturated heterocycles. The number of aromatic nitrogens is 2. The minimum absolute atomic E-state index is 0.0652. The molecule has 19 heavy (non-hydrogen) atoms. The van der Waals surface area contributed by atoms with Gasteiger partial charge in [0.25, 0.3) is 5.91 Å². The molecule has 0 atom stereocenters. The van der Waals surface area contributed by atoms with Gasteiger partial charge in [0.2, 0.25) is 0 Å². The molecule has 0 aliphatic carbocycles. The summed E-state index contributed by atoms with van der Waals surface area (Å²) in [6.45, 7) is 6.37. The lowest BCUT2D eigenvalue weighted by Gasteiger charge is -2.21. The molecule has 0 bridgehead atoms. The Morgan fingerprint density at radius 3 is 2.63 bits per heavy atom. The summed E-state index contributed by atoms with van der Waals surface area (Å²) >= 11 is 0. The van der Waals surface area contributed by atoms with Crippen molar-refractivity contribution in [3.8, 4) is 0 Å². The van der Waals surface area contributed by atoms with Gasteiger partial charge in [0.05, 0.1) is 17.7 Å². The second-order valence-electron chi connectivity index (χ2n) is 4.50. The second kappa shape index (κ2) is 6.82. The summed E-state index contributed by atoms with van der Waals surface area (Å²) in [7, 11) is 0. The quantitative estimate of drug-likeness (QED) is 0.843. The van der Waals surface area contributed by atoms with E-state index in [0.29, 0.717) is 17.8 Å². The maximum atomic E-state index is 12.4. The van der Waals surface area contributed by atoms with Gasteiger partial charge in [-0.25, -0.2) is 9.97 Å². The topological polar surface area (TPSA) is 83.4 Å². The van der Waals surface area contributed by atoms with Gasteiger partial charge in [-0.05, 0) is 12.8 Å². The summed E-state index contributed by atoms with van der Waals surface area (Å²) in [6.07, 6.45) is 2.85. The van der Waals surface area contributed by atoms with Gasteiger partial charge in [-0.2, -0.15) is 0 Å². The first-order chi connectivity index (χ1) is 8.97. The molecule has 1 aromatic heterocycles. The molecule has 0 fully saturated rings. The van der Waals surface area contributed by atoms with Crippen LogP contribution in [0.5, 0.6) is 0 Å². The van der Waals surface area contributed by atoms with Crippen molar-refractivity contribution < 1.29 is 14.7 Å². The minimum atomic E-state index is -0.917. The molecule has 1 N–H and O–H groups in total. The van der Waals surface area contributed by atoms with Gasteiger partial charge >= 0.3 is 5.97 Å². The first kappa shape index (κ1) is 15.1. The zero-order chi connectivity index (χ0) is 14.4. The number of carboxylic acids is 1. The summed E-state index contributed by atoms with van der Waals surface area (Å²) in [5.74, 6) is -1.02. The normalized spacial score (nSPS) is 10.5. The van der Waals surface area contributed by atoms with Crippen LogP contribution in [0, 0.1) is 0 Å². The van der Waals surface area contributed by atoms with E-state index >= 15 is 0 Å². The van der Waals surface area contributed by atoms with Crippen LogP contribution in [-0.2, 0) is 4.79 Å². The van der Waals surface area contributed by atoms with E-state index in [-0.39, 0.29) is 24.8 Å². The Bertz CT molecular complexity index is 460. The molecule has 0 unspecified atom stereocenters. The van der Waals surface area contributed by atoms with Gasteiger partial charge < -0.3 is 10.0 Å². The summed E-state index contributed by atoms with van der Waals surface area (Å²) in [4.78, 5) is 32.5. The lowest BCUT2D eigenvalue weighted by Crippen LogP contribution is -2.33. The molecule has 0 radical (unpaired) electrons. The van der Waals surface area contributed by atoms with Crippen LogP contribution in [0.1, 0.15) is 49.2 Å². The smallest absolute Gasteiger partial charge is 0.305 e. The fraction of sp³-hybridized carbons (Fsp3) is 0.538. The lowest BCUT2D eigenvalue weighted by molar-refractivity contribution is -0.137. The fourth-order valence-electron chi connectivity index (χ4n) is 1.77. The number of hydrogen-bond donors (Lipinski definition) is 1. The number of nitrogens with zero attached hydrogens (tertiary/aromatic N) is 3. The minimum Gasteiger partial charge on any atom is -0.481 e. The number of hydrogen-bond acceptors (Lipinski definition) is 4. The molecule has 6 nitrogen and oxygen atoms in total. The van der Waals surface area contributed by atoms with Gasteiger partial charge in [-0.15, -0.1) is 0 Å². The Hall–Kier alpha value is -1.98. The lowest BCUT2D eigenvalue weighted by atomic mass is 10.0. The van der Waals surface area contributed by atoms with E-state index in [0.717, 1.165) is 0 Å². The third kappa shape index (κ3) is 4.01. The van der Waals surface area contributed by atoms with Crippen molar-refractivity contribution in [2.75, 3.05) is 13.1 Å². The summed E-state index contributed by atoms with van der Waals surface area (Å²) < 4.78 is 0. The van der Waals surface area contributed by atoms with Crippen molar-refractivity contribution in [1.82, 2.24) is 14.9 Å². The third-order valence-electron chi connectivity index (χ3n) is 2.78. The van der Waals surface area contributed by atoms with Crippen LogP contribution in [0.3, 0.4) is 0 Å². The van der Waals surface area contributed by atoms with Crippen LogP contribution in [0.4, 0.5) is 0 Å². The average Bonchev–Trinajstić information content (AvgIpc) is 2.38. The van der Waals surface area contributed by atoms with E-state index in [4.69, 9.17) is 5.11 Å². The van der Waals surface area contributed by atoms with Crippen molar-refractivity contribution in [2.24, 2.45) is 0 Å². The van der Waals surface area contributed by atoms with Crippen LogP contribution in [-0.4, -0.2) is 44.9 Å². The zero-order valence-corrected chi connectivity index (χ0v) is 11.5. The Morgan fingerprint density at radius 2 is 2.11 bits per heavy atom. The van der Waals surface area contributed by atoms with Crippen molar-refractivity contribution in [3.05, 3.63) is 23.8 Å². The van der Waals surface area contributed by atoms with Crippen LogP contribution in [0.2, 0.25) is 0 Å². The zero-order valence-electron chi connectivity index (χ0n) is 11.5. The highest BCUT2D eigenvalue weighted by Crippen LogP contribution is 2.17. The molecule has 0 aliphatic heterocycles. The number of carbonyl (C=O) groups is 2.